The van der Waals surface area contributed by atoms with Crippen molar-refractivity contribution in [1.82, 2.24) is 14.9 Å². The van der Waals surface area contributed by atoms with Crippen LogP contribution in [-0.2, 0) is 11.2 Å². The van der Waals surface area contributed by atoms with Crippen molar-refractivity contribution in [2.75, 3.05) is 60.2 Å². The van der Waals surface area contributed by atoms with Crippen LogP contribution in [0, 0.1) is 12.3 Å². The quantitative estimate of drug-likeness (QED) is 0.273. The highest BCUT2D eigenvalue weighted by atomic mass is 19.4. The number of carbonyl (C=O) groups is 2. The highest BCUT2D eigenvalue weighted by Crippen LogP contribution is 2.50. The van der Waals surface area contributed by atoms with E-state index in [2.05, 4.69) is 37.4 Å². The molecule has 1 unspecified atom stereocenters. The number of alkyl halides is 6. The molecule has 1 fully saturated rings. The van der Waals surface area contributed by atoms with E-state index in [1.165, 1.54) is 23.2 Å². The Labute approximate surface area is 284 Å². The second-order valence-electron chi connectivity index (χ2n) is 13.0. The highest BCUT2D eigenvalue weighted by Gasteiger charge is 2.54. The normalized spacial score (nSPS) is 20.2. The van der Waals surface area contributed by atoms with E-state index in [1.807, 2.05) is 24.3 Å². The minimum atomic E-state index is -5.05. The molecule has 9 nitrogen and oxygen atoms in total. The first-order valence-corrected chi connectivity index (χ1v) is 16.0. The van der Waals surface area contributed by atoms with Gasteiger partial charge in [0.2, 0.25) is 5.95 Å². The first-order valence-electron chi connectivity index (χ1n) is 16.0. The van der Waals surface area contributed by atoms with Crippen molar-refractivity contribution in [2.45, 2.75) is 39.0 Å². The van der Waals surface area contributed by atoms with Gasteiger partial charge >= 0.3 is 12.4 Å². The number of benzene rings is 2. The van der Waals surface area contributed by atoms with Crippen molar-refractivity contribution in [3.63, 3.8) is 0 Å². The predicted molar refractivity (Wildman–Crippen MR) is 178 cm³/mol. The van der Waals surface area contributed by atoms with Crippen LogP contribution in [0.15, 0.2) is 72.0 Å². The molecule has 2 aliphatic heterocycles. The van der Waals surface area contributed by atoms with E-state index in [1.54, 1.807) is 13.0 Å². The number of anilines is 5. The molecule has 0 radical (unpaired) electrons. The molecule has 0 saturated carbocycles. The van der Waals surface area contributed by atoms with Gasteiger partial charge in [0.25, 0.3) is 11.8 Å². The number of halogens is 6. The number of allylic oxidation sites excluding steroid dienone is 2. The first kappa shape index (κ1) is 34.9. The number of nitrogens with one attached hydrogen (secondary N) is 2. The Bertz CT molecular complexity index is 1860. The van der Waals surface area contributed by atoms with Gasteiger partial charge in [-0.15, -0.1) is 0 Å². The van der Waals surface area contributed by atoms with Gasteiger partial charge in [-0.05, 0) is 75.4 Å². The lowest BCUT2D eigenvalue weighted by atomic mass is 9.76. The van der Waals surface area contributed by atoms with Crippen LogP contribution in [0.1, 0.15) is 35.0 Å². The van der Waals surface area contributed by atoms with Gasteiger partial charge in [0.05, 0.1) is 16.7 Å². The Balaban J connectivity index is 1.16. The van der Waals surface area contributed by atoms with Gasteiger partial charge in [-0.25, -0.2) is 9.97 Å². The number of nitrogens with zero attached hydrogens (tertiary/aromatic N) is 5. The summed E-state index contributed by atoms with van der Waals surface area (Å²) < 4.78 is 81.9. The van der Waals surface area contributed by atoms with Crippen LogP contribution in [0.3, 0.4) is 0 Å². The second kappa shape index (κ2) is 13.1. The van der Waals surface area contributed by atoms with Crippen molar-refractivity contribution in [3.05, 3.63) is 88.8 Å². The monoisotopic (exact) mass is 699 g/mol. The molecule has 264 valence electrons. The Morgan fingerprint density at radius 3 is 2.28 bits per heavy atom. The summed E-state index contributed by atoms with van der Waals surface area (Å²) in [7, 11) is 2.11. The summed E-state index contributed by atoms with van der Waals surface area (Å²) in [5.41, 5.74) is -1.21. The second-order valence-corrected chi connectivity index (χ2v) is 13.0. The fourth-order valence-electron chi connectivity index (χ4n) is 6.24. The summed E-state index contributed by atoms with van der Waals surface area (Å²) in [6, 6.07) is 12.5. The van der Waals surface area contributed by atoms with Crippen LogP contribution in [0.2, 0.25) is 0 Å². The van der Waals surface area contributed by atoms with E-state index in [9.17, 15) is 35.9 Å². The van der Waals surface area contributed by atoms with Gasteiger partial charge in [0, 0.05) is 79.2 Å². The molecular weight excluding hydrogens is 664 g/mol. The van der Waals surface area contributed by atoms with Gasteiger partial charge in [-0.2, -0.15) is 26.3 Å². The predicted octanol–water partition coefficient (Wildman–Crippen LogP) is 6.81. The Hall–Kier alpha value is -4.92. The number of amides is 2. The molecule has 1 saturated heterocycles. The number of hydrogen-bond acceptors (Lipinski definition) is 7. The maximum Gasteiger partial charge on any atom is 0.412 e. The van der Waals surface area contributed by atoms with Crippen molar-refractivity contribution < 1.29 is 35.9 Å². The zero-order valence-electron chi connectivity index (χ0n) is 27.5. The van der Waals surface area contributed by atoms with Gasteiger partial charge in [0.1, 0.15) is 0 Å². The van der Waals surface area contributed by atoms with Crippen LogP contribution in [0.4, 0.5) is 55.0 Å². The molecule has 1 aliphatic carbocycles. The molecule has 3 aliphatic rings. The average Bonchev–Trinajstić information content (AvgIpc) is 3.05. The number of piperazine rings is 1. The number of aryl methyl sites for hydroxylation is 1. The molecule has 3 heterocycles. The third kappa shape index (κ3) is 7.18. The summed E-state index contributed by atoms with van der Waals surface area (Å²) in [5, 5.41) is 5.59. The Morgan fingerprint density at radius 2 is 1.62 bits per heavy atom. The van der Waals surface area contributed by atoms with Crippen LogP contribution < -0.4 is 20.4 Å². The standard InChI is InChI=1S/C35H35F6N7O2/c1-21-4-5-25(43-30(49)22-16-23(34(36,37)38)19-33(2,18-22)35(39,40)41)17-29(21)48-11-10-28-27(31(48)50)20-42-32(45-28)44-24-6-8-26(9-7-24)47-14-12-46(3)13-15-47/h4-9,16-18,20H,10-15,19H2,1-3H3,(H,43,49)(H,42,44,45). The van der Waals surface area contributed by atoms with Crippen LogP contribution in [-0.4, -0.2) is 78.8 Å². The lowest BCUT2D eigenvalue weighted by Crippen LogP contribution is -2.44. The van der Waals surface area contributed by atoms with Crippen LogP contribution in [0.25, 0.3) is 0 Å². The smallest absolute Gasteiger partial charge is 0.369 e. The molecule has 0 bridgehead atoms. The maximum atomic E-state index is 13.8. The molecule has 1 atom stereocenters. The molecule has 2 amide bonds. The molecule has 15 heteroatoms. The molecule has 6 rings (SSSR count). The van der Waals surface area contributed by atoms with Crippen LogP contribution >= 0.6 is 0 Å². The number of hydrogen-bond donors (Lipinski definition) is 2. The minimum absolute atomic E-state index is 0.0887. The SMILES string of the molecule is Cc1ccc(NC(=O)C2=CC(C)(C(F)(F)F)CC(C(F)(F)F)=C2)cc1N1CCc2nc(Nc3ccc(N4CCN(C)CC4)cc3)ncc2C1=O. The van der Waals surface area contributed by atoms with E-state index in [0.29, 0.717) is 48.4 Å². The van der Waals surface area contributed by atoms with Gasteiger partial charge in [-0.3, -0.25) is 9.59 Å². The first-order chi connectivity index (χ1) is 23.5. The zero-order valence-corrected chi connectivity index (χ0v) is 27.5. The molecule has 50 heavy (non-hydrogen) atoms. The number of rotatable bonds is 6. The average molecular weight is 700 g/mol. The lowest BCUT2D eigenvalue weighted by molar-refractivity contribution is -0.204. The van der Waals surface area contributed by atoms with E-state index in [0.717, 1.165) is 37.6 Å². The van der Waals surface area contributed by atoms with Gasteiger partial charge < -0.3 is 25.3 Å². The summed E-state index contributed by atoms with van der Waals surface area (Å²) in [5.74, 6) is -1.20. The van der Waals surface area contributed by atoms with Crippen LogP contribution in [0.5, 0.6) is 0 Å². The lowest BCUT2D eigenvalue weighted by Gasteiger charge is -2.34. The molecule has 0 spiro atoms. The van der Waals surface area contributed by atoms with Crippen molar-refractivity contribution >= 4 is 40.5 Å². The van der Waals surface area contributed by atoms with Gasteiger partial charge in [-0.1, -0.05) is 12.1 Å². The number of likely N-dealkylation sites (N-methyl/N-ethyl adjacent to an activating group) is 1. The highest BCUT2D eigenvalue weighted by molar-refractivity contribution is 6.09. The molecule has 3 aromatic rings. The summed E-state index contributed by atoms with van der Waals surface area (Å²) in [6.45, 7) is 6.49. The summed E-state index contributed by atoms with van der Waals surface area (Å²) >= 11 is 0. The van der Waals surface area contributed by atoms with Gasteiger partial charge in [0.15, 0.2) is 0 Å². The number of aromatic nitrogens is 2. The molecule has 1 aromatic heterocycles. The summed E-state index contributed by atoms with van der Waals surface area (Å²) in [4.78, 5) is 41.7. The van der Waals surface area contributed by atoms with Crippen molar-refractivity contribution in [2.24, 2.45) is 5.41 Å². The maximum absolute atomic E-state index is 13.8. The fourth-order valence-corrected chi connectivity index (χ4v) is 6.24. The number of fused-ring (bicyclic) bond motifs is 1. The van der Waals surface area contributed by atoms with Crippen molar-refractivity contribution in [1.29, 1.82) is 0 Å². The van der Waals surface area contributed by atoms with E-state index < -0.39 is 47.1 Å². The number of carbonyl (C=O) groups excluding carboxylic acids is 2. The minimum Gasteiger partial charge on any atom is -0.369 e. The largest absolute Gasteiger partial charge is 0.412 e. The summed E-state index contributed by atoms with van der Waals surface area (Å²) in [6.07, 6.45) is -8.64. The Morgan fingerprint density at radius 1 is 0.940 bits per heavy atom. The third-order valence-electron chi connectivity index (χ3n) is 9.30. The van der Waals surface area contributed by atoms with Crippen molar-refractivity contribution in [3.8, 4) is 0 Å². The topological polar surface area (TPSA) is 93.7 Å². The molecular formula is C35H35F6N7O2. The molecule has 2 N–H and O–H groups in total. The van der Waals surface area contributed by atoms with E-state index in [-0.39, 0.29) is 17.8 Å². The molecule has 2 aromatic carbocycles. The zero-order chi connectivity index (χ0) is 36.0. The van der Waals surface area contributed by atoms with E-state index >= 15 is 0 Å². The van der Waals surface area contributed by atoms with E-state index in [4.69, 9.17) is 0 Å². The fraction of sp³-hybridized carbons (Fsp3) is 0.371. The third-order valence-corrected chi connectivity index (χ3v) is 9.30. The Kier molecular flexibility index (Phi) is 9.14.